The standard InChI is InChI=1S/C31H32N6O5S2/c1-16-8-6-9-17(2)28(16)34-25(39)15-43-31-36-35-30(44-31)37-20-10-7-11-21(38)27(20)26(19(14-32)29(37)33)18-12-23(41-4)24(42-5)13-22(18)40-3/h6,8-9,12-13,26H,7,10-11,15,33H2,1-5H3,(H,34,39). The number of amides is 1. The predicted octanol–water partition coefficient (Wildman–Crippen LogP) is 5.22. The number of nitrogens with zero attached hydrogens (tertiary/aromatic N) is 4. The lowest BCUT2D eigenvalue weighted by Crippen LogP contribution is -2.38. The SMILES string of the molecule is COc1cc(OC)c(C2C(C#N)=C(N)N(c3nnc(SCC(=O)Nc4c(C)cccc4C)s3)C3=C2C(=O)CCC3)cc1OC. The van der Waals surface area contributed by atoms with Crippen LogP contribution in [0.4, 0.5) is 10.8 Å². The van der Waals surface area contributed by atoms with Gasteiger partial charge in [0.15, 0.2) is 21.6 Å². The van der Waals surface area contributed by atoms with E-state index in [0.29, 0.717) is 62.8 Å². The molecular weight excluding hydrogens is 601 g/mol. The number of hydrogen-bond acceptors (Lipinski definition) is 12. The van der Waals surface area contributed by atoms with Gasteiger partial charge in [0.1, 0.15) is 11.6 Å². The Bertz CT molecular complexity index is 1720. The summed E-state index contributed by atoms with van der Waals surface area (Å²) in [4.78, 5) is 28.0. The van der Waals surface area contributed by atoms with Gasteiger partial charge in [-0.05, 0) is 43.9 Å². The lowest BCUT2D eigenvalue weighted by atomic mass is 9.75. The second-order valence-corrected chi connectivity index (χ2v) is 12.4. The minimum absolute atomic E-state index is 0.0828. The molecule has 1 unspecified atom stereocenters. The average Bonchev–Trinajstić information content (AvgIpc) is 3.49. The van der Waals surface area contributed by atoms with Crippen molar-refractivity contribution in [2.45, 2.75) is 43.4 Å². The minimum Gasteiger partial charge on any atom is -0.496 e. The number of thioether (sulfide) groups is 1. The van der Waals surface area contributed by atoms with Gasteiger partial charge in [-0.1, -0.05) is 41.3 Å². The molecule has 228 valence electrons. The number of aryl methyl sites for hydroxylation is 2. The molecule has 0 spiro atoms. The Morgan fingerprint density at radius 3 is 2.45 bits per heavy atom. The summed E-state index contributed by atoms with van der Waals surface area (Å²) < 4.78 is 17.2. The van der Waals surface area contributed by atoms with Gasteiger partial charge in [0.05, 0.1) is 44.6 Å². The van der Waals surface area contributed by atoms with Crippen LogP contribution in [0.1, 0.15) is 41.9 Å². The Morgan fingerprint density at radius 1 is 1.11 bits per heavy atom. The van der Waals surface area contributed by atoms with Crippen LogP contribution in [0.2, 0.25) is 0 Å². The van der Waals surface area contributed by atoms with Crippen molar-refractivity contribution in [2.24, 2.45) is 5.73 Å². The van der Waals surface area contributed by atoms with E-state index in [1.54, 1.807) is 17.0 Å². The summed E-state index contributed by atoms with van der Waals surface area (Å²) in [7, 11) is 4.55. The van der Waals surface area contributed by atoms with Crippen LogP contribution in [-0.2, 0) is 9.59 Å². The monoisotopic (exact) mass is 632 g/mol. The zero-order valence-electron chi connectivity index (χ0n) is 25.0. The zero-order chi connectivity index (χ0) is 31.5. The van der Waals surface area contributed by atoms with E-state index in [2.05, 4.69) is 21.6 Å². The number of rotatable bonds is 9. The molecule has 3 aromatic rings. The van der Waals surface area contributed by atoms with Gasteiger partial charge in [0.25, 0.3) is 0 Å². The summed E-state index contributed by atoms with van der Waals surface area (Å²) in [6.45, 7) is 3.90. The van der Waals surface area contributed by atoms with Crippen LogP contribution in [0.25, 0.3) is 0 Å². The summed E-state index contributed by atoms with van der Waals surface area (Å²) in [5, 5.41) is 22.4. The predicted molar refractivity (Wildman–Crippen MR) is 169 cm³/mol. The smallest absolute Gasteiger partial charge is 0.234 e. The van der Waals surface area contributed by atoms with Gasteiger partial charge in [-0.3, -0.25) is 14.5 Å². The number of ketones is 1. The molecule has 1 aliphatic heterocycles. The van der Waals surface area contributed by atoms with Gasteiger partial charge >= 0.3 is 0 Å². The number of anilines is 2. The number of ether oxygens (including phenoxy) is 3. The van der Waals surface area contributed by atoms with E-state index in [9.17, 15) is 14.9 Å². The normalized spacial score (nSPS) is 16.4. The number of methoxy groups -OCH3 is 3. The van der Waals surface area contributed by atoms with Crippen molar-refractivity contribution in [3.8, 4) is 23.3 Å². The first-order valence-corrected chi connectivity index (χ1v) is 15.6. The zero-order valence-corrected chi connectivity index (χ0v) is 26.6. The van der Waals surface area contributed by atoms with Crippen LogP contribution in [0.3, 0.4) is 0 Å². The van der Waals surface area contributed by atoms with Gasteiger partial charge in [0, 0.05) is 35.0 Å². The van der Waals surface area contributed by atoms with Crippen molar-refractivity contribution in [1.29, 1.82) is 5.26 Å². The van der Waals surface area contributed by atoms with E-state index in [1.165, 1.54) is 44.4 Å². The number of aromatic nitrogens is 2. The molecule has 0 radical (unpaired) electrons. The van der Waals surface area contributed by atoms with E-state index in [0.717, 1.165) is 16.8 Å². The van der Waals surface area contributed by atoms with E-state index in [1.807, 2.05) is 32.0 Å². The summed E-state index contributed by atoms with van der Waals surface area (Å²) in [6, 6.07) is 11.5. The number of benzene rings is 2. The fourth-order valence-electron chi connectivity index (χ4n) is 5.56. The topological polar surface area (TPSA) is 153 Å². The molecule has 0 fully saturated rings. The van der Waals surface area contributed by atoms with Gasteiger partial charge < -0.3 is 25.3 Å². The molecule has 0 bridgehead atoms. The largest absolute Gasteiger partial charge is 0.496 e. The third-order valence-corrected chi connectivity index (χ3v) is 9.66. The first-order chi connectivity index (χ1) is 21.2. The quantitative estimate of drug-likeness (QED) is 0.299. The van der Waals surface area contributed by atoms with E-state index < -0.39 is 5.92 Å². The maximum absolute atomic E-state index is 13.6. The number of allylic oxidation sites excluding steroid dienone is 3. The molecule has 1 aromatic heterocycles. The van der Waals surface area contributed by atoms with Crippen LogP contribution >= 0.6 is 23.1 Å². The van der Waals surface area contributed by atoms with Gasteiger partial charge in [-0.15, -0.1) is 10.2 Å². The first kappa shape index (κ1) is 30.9. The fourth-order valence-corrected chi connectivity index (χ4v) is 7.24. The summed E-state index contributed by atoms with van der Waals surface area (Å²) >= 11 is 2.49. The molecule has 2 aromatic carbocycles. The number of para-hydroxylation sites is 1. The first-order valence-electron chi connectivity index (χ1n) is 13.8. The van der Waals surface area contributed by atoms with Crippen molar-refractivity contribution in [3.63, 3.8) is 0 Å². The molecule has 3 N–H and O–H groups in total. The lowest BCUT2D eigenvalue weighted by Gasteiger charge is -2.38. The average molecular weight is 633 g/mol. The number of nitrogens with two attached hydrogens (primary N) is 1. The highest BCUT2D eigenvalue weighted by Gasteiger charge is 2.42. The second-order valence-electron chi connectivity index (χ2n) is 10.2. The molecule has 11 nitrogen and oxygen atoms in total. The van der Waals surface area contributed by atoms with Crippen molar-refractivity contribution in [1.82, 2.24) is 10.2 Å². The number of nitrogens with one attached hydrogen (secondary N) is 1. The van der Waals surface area contributed by atoms with Crippen molar-refractivity contribution in [2.75, 3.05) is 37.3 Å². The van der Waals surface area contributed by atoms with E-state index in [4.69, 9.17) is 19.9 Å². The molecule has 44 heavy (non-hydrogen) atoms. The number of carbonyl (C=O) groups is 2. The highest BCUT2D eigenvalue weighted by Crippen LogP contribution is 2.50. The molecule has 1 amide bonds. The molecule has 2 heterocycles. The maximum Gasteiger partial charge on any atom is 0.234 e. The Hall–Kier alpha value is -4.54. The molecule has 0 saturated heterocycles. The van der Waals surface area contributed by atoms with Crippen LogP contribution in [-0.4, -0.2) is 49.0 Å². The van der Waals surface area contributed by atoms with Gasteiger partial charge in [-0.2, -0.15) is 5.26 Å². The summed E-state index contributed by atoms with van der Waals surface area (Å²) in [5.41, 5.74) is 11.4. The molecule has 1 aliphatic carbocycles. The second kappa shape index (κ2) is 13.0. The molecule has 13 heteroatoms. The van der Waals surface area contributed by atoms with Gasteiger partial charge in [0.2, 0.25) is 11.0 Å². The summed E-state index contributed by atoms with van der Waals surface area (Å²) in [6.07, 6.45) is 1.51. The Labute approximate surface area is 263 Å². The number of hydrogen-bond donors (Lipinski definition) is 2. The maximum atomic E-state index is 13.6. The van der Waals surface area contributed by atoms with Crippen LogP contribution in [0, 0.1) is 25.2 Å². The Balaban J connectivity index is 1.49. The van der Waals surface area contributed by atoms with Crippen LogP contribution < -0.4 is 30.2 Å². The highest BCUT2D eigenvalue weighted by molar-refractivity contribution is 8.01. The number of Topliss-reactive ketones (excluding diaryl/α,β-unsaturated/α-hetero) is 1. The van der Waals surface area contributed by atoms with Crippen LogP contribution in [0.5, 0.6) is 17.2 Å². The van der Waals surface area contributed by atoms with Crippen molar-refractivity contribution >= 4 is 45.6 Å². The fraction of sp³-hybridized carbons (Fsp3) is 0.323. The number of nitriles is 1. The van der Waals surface area contributed by atoms with E-state index in [-0.39, 0.29) is 28.8 Å². The van der Waals surface area contributed by atoms with Crippen molar-refractivity contribution < 1.29 is 23.8 Å². The highest BCUT2D eigenvalue weighted by atomic mass is 32.2. The molecular formula is C31H32N6O5S2. The third-order valence-electron chi connectivity index (χ3n) is 7.62. The molecule has 2 aliphatic rings. The minimum atomic E-state index is -0.774. The molecule has 1 atom stereocenters. The Kier molecular flexibility index (Phi) is 9.12. The molecule has 5 rings (SSSR count). The third kappa shape index (κ3) is 5.70. The van der Waals surface area contributed by atoms with E-state index >= 15 is 0 Å². The van der Waals surface area contributed by atoms with Crippen LogP contribution in [0.15, 0.2) is 57.3 Å². The lowest BCUT2D eigenvalue weighted by molar-refractivity contribution is -0.116. The van der Waals surface area contributed by atoms with Crippen molar-refractivity contribution in [3.05, 3.63) is 69.7 Å². The molecule has 0 saturated carbocycles. The Morgan fingerprint density at radius 2 is 1.80 bits per heavy atom. The van der Waals surface area contributed by atoms with Gasteiger partial charge in [-0.25, -0.2) is 0 Å². The summed E-state index contributed by atoms with van der Waals surface area (Å²) in [5.74, 6) is 0.577. The number of carbonyl (C=O) groups excluding carboxylic acids is 2.